The van der Waals surface area contributed by atoms with Gasteiger partial charge in [-0.25, -0.2) is 0 Å². The van der Waals surface area contributed by atoms with Crippen molar-refractivity contribution in [3.8, 4) is 0 Å². The first-order chi connectivity index (χ1) is 6.24. The van der Waals surface area contributed by atoms with Gasteiger partial charge in [0.25, 0.3) is 0 Å². The van der Waals surface area contributed by atoms with E-state index < -0.39 is 0 Å². The van der Waals surface area contributed by atoms with Crippen LogP contribution in [0, 0.1) is 5.92 Å². The van der Waals surface area contributed by atoms with Gasteiger partial charge in [-0.3, -0.25) is 4.70 Å². The van der Waals surface area contributed by atoms with Crippen LogP contribution in [0.1, 0.15) is 26.7 Å². The molecule has 2 aliphatic rings. The lowest BCUT2D eigenvalue weighted by Crippen LogP contribution is -1.89. The highest BCUT2D eigenvalue weighted by molar-refractivity contribution is 5.40. The normalized spacial score (nSPS) is 25.0. The Bertz CT molecular complexity index is 329. The lowest BCUT2D eigenvalue weighted by atomic mass is 10.0. The second kappa shape index (κ2) is 4.41. The Kier molecular flexibility index (Phi) is 3.45. The Morgan fingerprint density at radius 3 is 2.86 bits per heavy atom. The van der Waals surface area contributed by atoms with Gasteiger partial charge >= 0.3 is 0 Å². The molecule has 0 radical (unpaired) electrons. The molecule has 0 heterocycles. The second-order valence-corrected chi connectivity index (χ2v) is 4.17. The zero-order chi connectivity index (χ0) is 9.26. The van der Waals surface area contributed by atoms with Crippen molar-refractivity contribution in [3.05, 3.63) is 47.1 Å². The van der Waals surface area contributed by atoms with Crippen LogP contribution in [0.2, 0.25) is 0 Å². The summed E-state index contributed by atoms with van der Waals surface area (Å²) < 4.78 is 0. The summed E-state index contributed by atoms with van der Waals surface area (Å²) in [7, 11) is 0. The van der Waals surface area contributed by atoms with Crippen molar-refractivity contribution >= 4 is 0 Å². The van der Waals surface area contributed by atoms with E-state index in [1.165, 1.54) is 17.6 Å². The molecule has 2 rings (SSSR count). The highest BCUT2D eigenvalue weighted by Gasteiger charge is 2.10. The molecule has 1 heteroatoms. The van der Waals surface area contributed by atoms with Gasteiger partial charge in [0, 0.05) is 0 Å². The number of rotatable bonds is 0. The quantitative estimate of drug-likeness (QED) is 0.545. The zero-order valence-corrected chi connectivity index (χ0v) is 8.79. The van der Waals surface area contributed by atoms with E-state index >= 15 is 0 Å². The minimum absolute atomic E-state index is 0. The smallest absolute Gasteiger partial charge is 0.00638 e. The zero-order valence-electron chi connectivity index (χ0n) is 8.79. The van der Waals surface area contributed by atoms with Crippen molar-refractivity contribution in [2.45, 2.75) is 26.7 Å². The van der Waals surface area contributed by atoms with Crippen molar-refractivity contribution in [2.24, 2.45) is 5.92 Å². The van der Waals surface area contributed by atoms with Gasteiger partial charge in [-0.1, -0.05) is 48.5 Å². The van der Waals surface area contributed by atoms with Gasteiger partial charge in [-0.15, -0.1) is 0 Å². The van der Waals surface area contributed by atoms with Gasteiger partial charge in [0.1, 0.15) is 0 Å². The summed E-state index contributed by atoms with van der Waals surface area (Å²) in [6.45, 7) is 4.45. The average Bonchev–Trinajstić information content (AvgIpc) is 2.34. The average molecular weight is 192 g/mol. The fourth-order valence-corrected chi connectivity index (χ4v) is 1.98. The van der Waals surface area contributed by atoms with Gasteiger partial charge in [0.05, 0.1) is 0 Å². The van der Waals surface area contributed by atoms with Gasteiger partial charge < -0.3 is 0 Å². The van der Waals surface area contributed by atoms with Crippen molar-refractivity contribution in [1.82, 2.24) is 0 Å². The van der Waals surface area contributed by atoms with Crippen LogP contribution in [0.3, 0.4) is 0 Å². The van der Waals surface area contributed by atoms with E-state index in [1.54, 1.807) is 5.57 Å². The molecule has 1 unspecified atom stereocenters. The van der Waals surface area contributed by atoms with E-state index in [2.05, 4.69) is 44.2 Å². The molecule has 0 spiro atoms. The lowest BCUT2D eigenvalue weighted by molar-refractivity contribution is 0.714. The first-order valence-corrected chi connectivity index (χ1v) is 4.99. The number of hydrogen-bond acceptors (Lipinski definition) is 0. The molecule has 0 saturated heterocycles. The SMILES string of the molecule is CC1=CC=C2CC(=C1)C=CC(C)C2.F. The van der Waals surface area contributed by atoms with Gasteiger partial charge in [-0.05, 0) is 31.3 Å². The van der Waals surface area contributed by atoms with Gasteiger partial charge in [0.2, 0.25) is 0 Å². The van der Waals surface area contributed by atoms with Crippen molar-refractivity contribution in [3.63, 3.8) is 0 Å². The van der Waals surface area contributed by atoms with Crippen molar-refractivity contribution in [1.29, 1.82) is 0 Å². The third-order valence-electron chi connectivity index (χ3n) is 2.65. The molecule has 0 aromatic carbocycles. The molecule has 0 N–H and O–H groups in total. The van der Waals surface area contributed by atoms with Crippen LogP contribution in [-0.2, 0) is 0 Å². The molecule has 0 aromatic rings. The van der Waals surface area contributed by atoms with E-state index in [0.29, 0.717) is 5.92 Å². The summed E-state index contributed by atoms with van der Waals surface area (Å²) >= 11 is 0. The van der Waals surface area contributed by atoms with Crippen LogP contribution in [0.4, 0.5) is 4.70 Å². The molecule has 14 heavy (non-hydrogen) atoms. The molecule has 0 aromatic heterocycles. The third-order valence-corrected chi connectivity index (χ3v) is 2.65. The van der Waals surface area contributed by atoms with E-state index in [9.17, 15) is 0 Å². The van der Waals surface area contributed by atoms with E-state index in [-0.39, 0.29) is 4.70 Å². The van der Waals surface area contributed by atoms with Crippen molar-refractivity contribution in [2.75, 3.05) is 0 Å². The molecule has 0 amide bonds. The summed E-state index contributed by atoms with van der Waals surface area (Å²) in [6.07, 6.45) is 13.8. The fraction of sp³-hybridized carbons (Fsp3) is 0.385. The van der Waals surface area contributed by atoms with Crippen LogP contribution in [0.25, 0.3) is 0 Å². The minimum Gasteiger partial charge on any atom is -0.269 e. The third kappa shape index (κ3) is 2.44. The summed E-state index contributed by atoms with van der Waals surface area (Å²) in [5.74, 6) is 0.698. The lowest BCUT2D eigenvalue weighted by Gasteiger charge is -2.05. The molecule has 76 valence electrons. The first-order valence-electron chi connectivity index (χ1n) is 4.99. The maximum Gasteiger partial charge on any atom is -0.00638 e. The van der Waals surface area contributed by atoms with Gasteiger partial charge in [-0.2, -0.15) is 0 Å². The van der Waals surface area contributed by atoms with Crippen LogP contribution in [-0.4, -0.2) is 0 Å². The molecule has 1 atom stereocenters. The predicted octanol–water partition coefficient (Wildman–Crippen LogP) is 3.94. The molecule has 0 fully saturated rings. The monoisotopic (exact) mass is 192 g/mol. The molecule has 2 aliphatic carbocycles. The number of halogens is 1. The Hall–Kier alpha value is -1.11. The summed E-state index contributed by atoms with van der Waals surface area (Å²) in [6, 6.07) is 0. The molecule has 0 saturated carbocycles. The molecular formula is C13H17F. The molecular weight excluding hydrogens is 175 g/mol. The van der Waals surface area contributed by atoms with E-state index in [1.807, 2.05) is 0 Å². The van der Waals surface area contributed by atoms with E-state index in [4.69, 9.17) is 0 Å². The summed E-state index contributed by atoms with van der Waals surface area (Å²) in [5.41, 5.74) is 4.40. The standard InChI is InChI=1S/C13H16.FH/c1-10-3-5-13-8-11(2)4-6-12(7-10)9-13;/h3-7,11H,8-9H2,1-2H3;1H. The van der Waals surface area contributed by atoms with Crippen LogP contribution < -0.4 is 0 Å². The molecule has 2 bridgehead atoms. The van der Waals surface area contributed by atoms with Crippen molar-refractivity contribution < 1.29 is 4.70 Å². The first kappa shape index (κ1) is 11.0. The Labute approximate surface area is 85.1 Å². The fourth-order valence-electron chi connectivity index (χ4n) is 1.98. The van der Waals surface area contributed by atoms with Crippen LogP contribution in [0.15, 0.2) is 47.1 Å². The maximum atomic E-state index is 2.32. The maximum absolute atomic E-state index is 2.32. The second-order valence-electron chi connectivity index (χ2n) is 4.17. The number of allylic oxidation sites excluding steroid dienone is 8. The Morgan fingerprint density at radius 2 is 2.07 bits per heavy atom. The molecule has 0 nitrogen and oxygen atoms in total. The summed E-state index contributed by atoms with van der Waals surface area (Å²) in [4.78, 5) is 0. The highest BCUT2D eigenvalue weighted by atomic mass is 19.0. The van der Waals surface area contributed by atoms with Gasteiger partial charge in [0.15, 0.2) is 0 Å². The van der Waals surface area contributed by atoms with Crippen LogP contribution >= 0.6 is 0 Å². The largest absolute Gasteiger partial charge is 0.269 e. The minimum atomic E-state index is 0. The topological polar surface area (TPSA) is 0 Å². The van der Waals surface area contributed by atoms with E-state index in [0.717, 1.165) is 6.42 Å². The number of fused-ring (bicyclic) bond motifs is 2. The summed E-state index contributed by atoms with van der Waals surface area (Å²) in [5, 5.41) is 0. The Balaban J connectivity index is 0.000000980. The predicted molar refractivity (Wildman–Crippen MR) is 60.0 cm³/mol. The highest BCUT2D eigenvalue weighted by Crippen LogP contribution is 2.28. The molecule has 0 aliphatic heterocycles. The van der Waals surface area contributed by atoms with Crippen LogP contribution in [0.5, 0.6) is 0 Å². The number of hydrogen-bond donors (Lipinski definition) is 0. The Morgan fingerprint density at radius 1 is 1.29 bits per heavy atom.